The summed E-state index contributed by atoms with van der Waals surface area (Å²) in [6.07, 6.45) is 0. The molecule has 0 aliphatic rings. The van der Waals surface area contributed by atoms with E-state index >= 15 is 0 Å². The van der Waals surface area contributed by atoms with Gasteiger partial charge in [-0.1, -0.05) is 41.1 Å². The monoisotopic (exact) mass is 406 g/mol. The second-order valence-corrected chi connectivity index (χ2v) is 6.58. The molecule has 0 saturated carbocycles. The fourth-order valence-corrected chi connectivity index (χ4v) is 2.90. The van der Waals surface area contributed by atoms with E-state index in [0.29, 0.717) is 33.1 Å². The maximum atomic E-state index is 12.4. The zero-order chi connectivity index (χ0) is 20.2. The predicted octanol–water partition coefficient (Wildman–Crippen LogP) is 3.88. The summed E-state index contributed by atoms with van der Waals surface area (Å²) in [4.78, 5) is 24.7. The highest BCUT2D eigenvalue weighted by molar-refractivity contribution is 6.32. The van der Waals surface area contributed by atoms with Crippen molar-refractivity contribution in [3.8, 4) is 11.5 Å². The zero-order valence-electron chi connectivity index (χ0n) is 15.1. The summed E-state index contributed by atoms with van der Waals surface area (Å²) in [5.41, 5.74) is 0.681. The molecule has 144 valence electrons. The smallest absolute Gasteiger partial charge is 0.278 e. The van der Waals surface area contributed by atoms with Gasteiger partial charge in [-0.15, -0.1) is 5.10 Å². The molecule has 7 nitrogen and oxygen atoms in total. The quantitative estimate of drug-likeness (QED) is 0.543. The van der Waals surface area contributed by atoms with Crippen LogP contribution in [0.15, 0.2) is 77.6 Å². The summed E-state index contributed by atoms with van der Waals surface area (Å²) in [7, 11) is 0. The van der Waals surface area contributed by atoms with Crippen molar-refractivity contribution >= 4 is 34.1 Å². The van der Waals surface area contributed by atoms with Crippen molar-refractivity contribution in [1.82, 2.24) is 15.0 Å². The first kappa shape index (κ1) is 18.6. The summed E-state index contributed by atoms with van der Waals surface area (Å²) >= 11 is 6.08. The number of nitrogens with zero attached hydrogens (tertiary/aromatic N) is 3. The molecule has 0 bridgehead atoms. The number of benzene rings is 3. The molecule has 8 heteroatoms. The molecular formula is C21H15ClN4O3. The molecule has 1 aromatic heterocycles. The number of para-hydroxylation sites is 1. The molecule has 3 aromatic carbocycles. The Morgan fingerprint density at radius 1 is 1.00 bits per heavy atom. The highest BCUT2D eigenvalue weighted by atomic mass is 35.5. The number of hydrogen-bond acceptors (Lipinski definition) is 5. The number of fused-ring (bicyclic) bond motifs is 1. The third kappa shape index (κ3) is 4.25. The van der Waals surface area contributed by atoms with E-state index in [2.05, 4.69) is 15.6 Å². The van der Waals surface area contributed by atoms with Crippen LogP contribution in [0.3, 0.4) is 0 Å². The second-order valence-electron chi connectivity index (χ2n) is 6.17. The van der Waals surface area contributed by atoms with Crippen LogP contribution >= 0.6 is 11.6 Å². The van der Waals surface area contributed by atoms with Crippen molar-refractivity contribution in [2.45, 2.75) is 6.54 Å². The van der Waals surface area contributed by atoms with Crippen LogP contribution < -0.4 is 15.6 Å². The van der Waals surface area contributed by atoms with Crippen LogP contribution in [0.2, 0.25) is 5.02 Å². The molecule has 1 amide bonds. The molecule has 0 radical (unpaired) electrons. The summed E-state index contributed by atoms with van der Waals surface area (Å²) in [5.74, 6) is 0.726. The molecule has 0 atom stereocenters. The number of nitrogens with one attached hydrogen (secondary N) is 1. The minimum atomic E-state index is -0.392. The number of carbonyl (C=O) groups excluding carboxylic acids is 1. The number of hydrogen-bond donors (Lipinski definition) is 1. The Balaban J connectivity index is 1.43. The molecule has 0 aliphatic carbocycles. The molecule has 4 rings (SSSR count). The van der Waals surface area contributed by atoms with Crippen LogP contribution in [0.4, 0.5) is 5.69 Å². The average molecular weight is 407 g/mol. The first-order chi connectivity index (χ1) is 14.1. The van der Waals surface area contributed by atoms with E-state index in [4.69, 9.17) is 16.3 Å². The van der Waals surface area contributed by atoms with Gasteiger partial charge in [0.25, 0.3) is 5.56 Å². The van der Waals surface area contributed by atoms with Gasteiger partial charge in [0, 0.05) is 5.69 Å². The molecule has 4 aromatic rings. The first-order valence-corrected chi connectivity index (χ1v) is 9.13. The van der Waals surface area contributed by atoms with Gasteiger partial charge in [-0.2, -0.15) is 0 Å². The Kier molecular flexibility index (Phi) is 5.22. The molecule has 29 heavy (non-hydrogen) atoms. The Bertz CT molecular complexity index is 1240. The fourth-order valence-electron chi connectivity index (χ4n) is 2.72. The first-order valence-electron chi connectivity index (χ1n) is 8.75. The SMILES string of the molecule is O=C(Cn1nnc2ccccc2c1=O)Nc1ccc(Oc2ccccc2Cl)cc1. The van der Waals surface area contributed by atoms with Crippen molar-refractivity contribution in [3.05, 3.63) is 88.2 Å². The minimum absolute atomic E-state index is 0.242. The van der Waals surface area contributed by atoms with Crippen molar-refractivity contribution in [3.63, 3.8) is 0 Å². The molecule has 0 unspecified atom stereocenters. The van der Waals surface area contributed by atoms with E-state index in [-0.39, 0.29) is 12.1 Å². The van der Waals surface area contributed by atoms with Crippen LogP contribution in [0.25, 0.3) is 10.9 Å². The predicted molar refractivity (Wildman–Crippen MR) is 110 cm³/mol. The molecule has 0 spiro atoms. The van der Waals surface area contributed by atoms with Gasteiger partial charge in [-0.25, -0.2) is 4.68 Å². The van der Waals surface area contributed by atoms with Gasteiger partial charge >= 0.3 is 0 Å². The molecule has 1 N–H and O–H groups in total. The van der Waals surface area contributed by atoms with Crippen LogP contribution in [0.5, 0.6) is 11.5 Å². The third-order valence-corrected chi connectivity index (χ3v) is 4.44. The topological polar surface area (TPSA) is 86.1 Å². The van der Waals surface area contributed by atoms with Crippen molar-refractivity contribution in [2.24, 2.45) is 0 Å². The lowest BCUT2D eigenvalue weighted by molar-refractivity contribution is -0.117. The number of carbonyl (C=O) groups is 1. The molecule has 0 fully saturated rings. The molecular weight excluding hydrogens is 392 g/mol. The van der Waals surface area contributed by atoms with Gasteiger partial charge in [-0.3, -0.25) is 9.59 Å². The Morgan fingerprint density at radius 2 is 1.72 bits per heavy atom. The van der Waals surface area contributed by atoms with Gasteiger partial charge in [-0.05, 0) is 48.5 Å². The number of ether oxygens (including phenoxy) is 1. The largest absolute Gasteiger partial charge is 0.456 e. The van der Waals surface area contributed by atoms with Gasteiger partial charge in [0.2, 0.25) is 5.91 Å². The van der Waals surface area contributed by atoms with Crippen LogP contribution in [0, 0.1) is 0 Å². The molecule has 1 heterocycles. The minimum Gasteiger partial charge on any atom is -0.456 e. The summed E-state index contributed by atoms with van der Waals surface area (Å²) in [5, 5.41) is 11.4. The van der Waals surface area contributed by atoms with Crippen LogP contribution in [-0.2, 0) is 11.3 Å². The number of halogens is 1. The fraction of sp³-hybridized carbons (Fsp3) is 0.0476. The van der Waals surface area contributed by atoms with Crippen molar-refractivity contribution in [2.75, 3.05) is 5.32 Å². The lowest BCUT2D eigenvalue weighted by atomic mass is 10.2. The maximum absolute atomic E-state index is 12.4. The number of aromatic nitrogens is 3. The van der Waals surface area contributed by atoms with E-state index in [0.717, 1.165) is 4.68 Å². The van der Waals surface area contributed by atoms with Crippen LogP contribution in [0.1, 0.15) is 0 Å². The number of rotatable bonds is 5. The Morgan fingerprint density at radius 3 is 2.52 bits per heavy atom. The highest BCUT2D eigenvalue weighted by Crippen LogP contribution is 2.29. The highest BCUT2D eigenvalue weighted by Gasteiger charge is 2.10. The van der Waals surface area contributed by atoms with Gasteiger partial charge in [0.05, 0.1) is 10.4 Å². The van der Waals surface area contributed by atoms with E-state index < -0.39 is 5.91 Å². The molecule has 0 aliphatic heterocycles. The summed E-state index contributed by atoms with van der Waals surface area (Å²) < 4.78 is 6.75. The summed E-state index contributed by atoms with van der Waals surface area (Å²) in [6, 6.07) is 20.8. The average Bonchev–Trinajstić information content (AvgIpc) is 2.73. The standard InChI is InChI=1S/C21H15ClN4O3/c22-17-6-2-4-8-19(17)29-15-11-9-14(10-12-15)23-20(27)13-26-21(28)16-5-1-3-7-18(16)24-25-26/h1-12H,13H2,(H,23,27). The van der Waals surface area contributed by atoms with Crippen LogP contribution in [-0.4, -0.2) is 20.9 Å². The van der Waals surface area contributed by atoms with E-state index in [9.17, 15) is 9.59 Å². The van der Waals surface area contributed by atoms with Crippen molar-refractivity contribution in [1.29, 1.82) is 0 Å². The van der Waals surface area contributed by atoms with Gasteiger partial charge < -0.3 is 10.1 Å². The van der Waals surface area contributed by atoms with E-state index in [1.165, 1.54) is 0 Å². The van der Waals surface area contributed by atoms with Gasteiger partial charge in [0.1, 0.15) is 23.6 Å². The third-order valence-electron chi connectivity index (χ3n) is 4.13. The number of amides is 1. The zero-order valence-corrected chi connectivity index (χ0v) is 15.8. The molecule has 0 saturated heterocycles. The van der Waals surface area contributed by atoms with E-state index in [1.54, 1.807) is 60.7 Å². The number of anilines is 1. The lowest BCUT2D eigenvalue weighted by Gasteiger charge is -2.09. The summed E-state index contributed by atoms with van der Waals surface area (Å²) in [6.45, 7) is -0.242. The van der Waals surface area contributed by atoms with E-state index in [1.807, 2.05) is 12.1 Å². The maximum Gasteiger partial charge on any atom is 0.278 e. The lowest BCUT2D eigenvalue weighted by Crippen LogP contribution is -2.30. The normalized spacial score (nSPS) is 10.7. The van der Waals surface area contributed by atoms with Crippen molar-refractivity contribution < 1.29 is 9.53 Å². The Labute approximate surface area is 170 Å². The van der Waals surface area contributed by atoms with Gasteiger partial charge in [0.15, 0.2) is 0 Å². The second kappa shape index (κ2) is 8.12. The Hall–Kier alpha value is -3.71.